The fourth-order valence-electron chi connectivity index (χ4n) is 3.73. The topological polar surface area (TPSA) is 46.3 Å². The first-order valence-electron chi connectivity index (χ1n) is 8.16. The number of nitrogens with zero attached hydrogens (tertiary/aromatic N) is 1. The Morgan fingerprint density at radius 3 is 2.25 bits per heavy atom. The molecule has 0 spiro atoms. The highest BCUT2D eigenvalue weighted by atomic mass is 35.5. The van der Waals surface area contributed by atoms with Gasteiger partial charge in [-0.2, -0.15) is 0 Å². The minimum absolute atomic E-state index is 0. The second kappa shape index (κ2) is 8.23. The number of hydrogen-bond acceptors (Lipinski definition) is 2. The van der Waals surface area contributed by atoms with Gasteiger partial charge in [0.2, 0.25) is 5.91 Å². The van der Waals surface area contributed by atoms with Crippen LogP contribution in [0.4, 0.5) is 0 Å². The standard InChI is InChI=1S/C16H30N2O.ClH/c1-18(13-10-14-8-4-2-5-9-14)15(19)16(17)11-6-3-7-12-16;/h14H,2-13,17H2,1H3;1H. The smallest absolute Gasteiger partial charge is 0.242 e. The van der Waals surface area contributed by atoms with Gasteiger partial charge in [-0.3, -0.25) is 4.79 Å². The van der Waals surface area contributed by atoms with Crippen LogP contribution in [0.25, 0.3) is 0 Å². The zero-order valence-corrected chi connectivity index (χ0v) is 13.7. The second-order valence-corrected chi connectivity index (χ2v) is 6.74. The maximum atomic E-state index is 12.5. The minimum atomic E-state index is -0.556. The van der Waals surface area contributed by atoms with E-state index in [0.717, 1.165) is 38.1 Å². The molecule has 0 atom stereocenters. The van der Waals surface area contributed by atoms with Crippen LogP contribution >= 0.6 is 12.4 Å². The predicted octanol–water partition coefficient (Wildman–Crippen LogP) is 3.50. The summed E-state index contributed by atoms with van der Waals surface area (Å²) in [7, 11) is 1.94. The molecule has 0 unspecified atom stereocenters. The van der Waals surface area contributed by atoms with Crippen molar-refractivity contribution >= 4 is 18.3 Å². The lowest BCUT2D eigenvalue weighted by atomic mass is 9.81. The molecule has 0 radical (unpaired) electrons. The molecule has 0 aromatic carbocycles. The number of amides is 1. The molecule has 2 aliphatic carbocycles. The van der Waals surface area contributed by atoms with Crippen molar-refractivity contribution in [2.75, 3.05) is 13.6 Å². The molecule has 1 amide bonds. The van der Waals surface area contributed by atoms with Crippen molar-refractivity contribution in [3.05, 3.63) is 0 Å². The van der Waals surface area contributed by atoms with Crippen LogP contribution in [-0.2, 0) is 4.79 Å². The number of carbonyl (C=O) groups is 1. The van der Waals surface area contributed by atoms with Gasteiger partial charge in [-0.15, -0.1) is 12.4 Å². The van der Waals surface area contributed by atoms with Gasteiger partial charge in [0.25, 0.3) is 0 Å². The molecule has 0 bridgehead atoms. The van der Waals surface area contributed by atoms with Gasteiger partial charge < -0.3 is 10.6 Å². The Morgan fingerprint density at radius 2 is 1.65 bits per heavy atom. The number of halogens is 1. The quantitative estimate of drug-likeness (QED) is 0.864. The van der Waals surface area contributed by atoms with Gasteiger partial charge in [0.05, 0.1) is 5.54 Å². The van der Waals surface area contributed by atoms with Crippen LogP contribution in [0.1, 0.15) is 70.6 Å². The molecule has 2 fully saturated rings. The molecule has 0 aliphatic heterocycles. The van der Waals surface area contributed by atoms with Crippen LogP contribution in [0.5, 0.6) is 0 Å². The molecule has 0 heterocycles. The Bertz CT molecular complexity index is 297. The molecule has 4 heteroatoms. The van der Waals surface area contributed by atoms with Crippen LogP contribution in [0, 0.1) is 5.92 Å². The van der Waals surface area contributed by atoms with Gasteiger partial charge in [0, 0.05) is 13.6 Å². The van der Waals surface area contributed by atoms with Gasteiger partial charge in [-0.25, -0.2) is 0 Å². The zero-order valence-electron chi connectivity index (χ0n) is 12.9. The summed E-state index contributed by atoms with van der Waals surface area (Å²) >= 11 is 0. The third kappa shape index (κ3) is 4.63. The van der Waals surface area contributed by atoms with E-state index in [1.54, 1.807) is 0 Å². The third-order valence-electron chi connectivity index (χ3n) is 5.12. The molecule has 20 heavy (non-hydrogen) atoms. The van der Waals surface area contributed by atoms with E-state index >= 15 is 0 Å². The summed E-state index contributed by atoms with van der Waals surface area (Å²) in [5.41, 5.74) is 5.77. The first-order chi connectivity index (χ1) is 9.12. The summed E-state index contributed by atoms with van der Waals surface area (Å²) < 4.78 is 0. The lowest BCUT2D eigenvalue weighted by Gasteiger charge is -2.36. The van der Waals surface area contributed by atoms with Gasteiger partial charge in [-0.1, -0.05) is 51.4 Å². The van der Waals surface area contributed by atoms with Crippen LogP contribution in [0.2, 0.25) is 0 Å². The van der Waals surface area contributed by atoms with Gasteiger partial charge in [-0.05, 0) is 25.2 Å². The summed E-state index contributed by atoms with van der Waals surface area (Å²) in [4.78, 5) is 14.4. The molecule has 3 nitrogen and oxygen atoms in total. The zero-order chi connectivity index (χ0) is 13.7. The highest BCUT2D eigenvalue weighted by Gasteiger charge is 2.37. The number of rotatable bonds is 4. The summed E-state index contributed by atoms with van der Waals surface area (Å²) in [6.07, 6.45) is 13.2. The molecule has 2 aliphatic rings. The molecule has 0 aromatic heterocycles. The number of hydrogen-bond donors (Lipinski definition) is 1. The van der Waals surface area contributed by atoms with Crippen molar-refractivity contribution < 1.29 is 4.79 Å². The fraction of sp³-hybridized carbons (Fsp3) is 0.938. The third-order valence-corrected chi connectivity index (χ3v) is 5.12. The first kappa shape index (κ1) is 17.8. The summed E-state index contributed by atoms with van der Waals surface area (Å²) in [6.45, 7) is 0.891. The summed E-state index contributed by atoms with van der Waals surface area (Å²) in [5, 5.41) is 0. The fourth-order valence-corrected chi connectivity index (χ4v) is 3.73. The molecule has 2 rings (SSSR count). The highest BCUT2D eigenvalue weighted by molar-refractivity contribution is 5.86. The van der Waals surface area contributed by atoms with E-state index in [-0.39, 0.29) is 18.3 Å². The van der Waals surface area contributed by atoms with E-state index in [1.165, 1.54) is 44.9 Å². The van der Waals surface area contributed by atoms with Gasteiger partial charge in [0.1, 0.15) is 0 Å². The average Bonchev–Trinajstić information content (AvgIpc) is 2.46. The number of likely N-dealkylation sites (N-methyl/N-ethyl adjacent to an activating group) is 1. The lowest BCUT2D eigenvalue weighted by Crippen LogP contribution is -2.55. The summed E-state index contributed by atoms with van der Waals surface area (Å²) in [5.74, 6) is 1.02. The van der Waals surface area contributed by atoms with E-state index in [4.69, 9.17) is 5.73 Å². The Balaban J connectivity index is 0.00000200. The SMILES string of the molecule is CN(CCC1CCCCC1)C(=O)C1(N)CCCCC1.Cl. The van der Waals surface area contributed by atoms with Crippen molar-refractivity contribution in [2.45, 2.75) is 76.2 Å². The Labute approximate surface area is 130 Å². The van der Waals surface area contributed by atoms with Crippen LogP contribution in [0.3, 0.4) is 0 Å². The first-order valence-corrected chi connectivity index (χ1v) is 8.16. The maximum Gasteiger partial charge on any atom is 0.242 e. The van der Waals surface area contributed by atoms with Crippen molar-refractivity contribution in [1.29, 1.82) is 0 Å². The molecule has 118 valence electrons. The lowest BCUT2D eigenvalue weighted by molar-refractivity contribution is -0.137. The van der Waals surface area contributed by atoms with Crippen molar-refractivity contribution in [3.8, 4) is 0 Å². The van der Waals surface area contributed by atoms with E-state index in [2.05, 4.69) is 0 Å². The molecular weight excluding hydrogens is 272 g/mol. The average molecular weight is 303 g/mol. The number of carbonyl (C=O) groups excluding carboxylic acids is 1. The van der Waals surface area contributed by atoms with Crippen LogP contribution in [0.15, 0.2) is 0 Å². The normalized spacial score (nSPS) is 22.9. The monoisotopic (exact) mass is 302 g/mol. The summed E-state index contributed by atoms with van der Waals surface area (Å²) in [6, 6.07) is 0. The van der Waals surface area contributed by atoms with Gasteiger partial charge >= 0.3 is 0 Å². The van der Waals surface area contributed by atoms with Crippen LogP contribution < -0.4 is 5.73 Å². The van der Waals surface area contributed by atoms with Crippen molar-refractivity contribution in [2.24, 2.45) is 11.7 Å². The Morgan fingerprint density at radius 1 is 1.10 bits per heavy atom. The number of nitrogens with two attached hydrogens (primary N) is 1. The molecule has 2 N–H and O–H groups in total. The van der Waals surface area contributed by atoms with Crippen molar-refractivity contribution in [3.63, 3.8) is 0 Å². The minimum Gasteiger partial charge on any atom is -0.344 e. The van der Waals surface area contributed by atoms with E-state index in [1.807, 2.05) is 11.9 Å². The van der Waals surface area contributed by atoms with E-state index in [9.17, 15) is 4.79 Å². The largest absolute Gasteiger partial charge is 0.344 e. The Kier molecular flexibility index (Phi) is 7.32. The van der Waals surface area contributed by atoms with Crippen molar-refractivity contribution in [1.82, 2.24) is 4.90 Å². The maximum absolute atomic E-state index is 12.5. The van der Waals surface area contributed by atoms with Crippen LogP contribution in [-0.4, -0.2) is 29.9 Å². The van der Waals surface area contributed by atoms with E-state index in [0.29, 0.717) is 0 Å². The molecule has 0 aromatic rings. The molecule has 2 saturated carbocycles. The van der Waals surface area contributed by atoms with Gasteiger partial charge in [0.15, 0.2) is 0 Å². The predicted molar refractivity (Wildman–Crippen MR) is 86.1 cm³/mol. The van der Waals surface area contributed by atoms with E-state index < -0.39 is 5.54 Å². The molecular formula is C16H31ClN2O. The highest BCUT2D eigenvalue weighted by Crippen LogP contribution is 2.29. The molecule has 0 saturated heterocycles. The Hall–Kier alpha value is -0.280. The second-order valence-electron chi connectivity index (χ2n) is 6.74.